The third-order valence-electron chi connectivity index (χ3n) is 5.26. The molecule has 2 aromatic rings. The second-order valence-electron chi connectivity index (χ2n) is 7.67. The molecule has 0 radical (unpaired) electrons. The second kappa shape index (κ2) is 13.1. The molecule has 3 rings (SSSR count). The van der Waals surface area contributed by atoms with Crippen LogP contribution < -0.4 is 10.0 Å². The van der Waals surface area contributed by atoms with E-state index in [1.165, 1.54) is 49.2 Å². The first-order chi connectivity index (χ1) is 16.8. The Bertz CT molecular complexity index is 1090. The average molecular weight is 508 g/mol. The topological polar surface area (TPSA) is 53.6 Å². The molecule has 2 N–H and O–H groups in total. The van der Waals surface area contributed by atoms with Gasteiger partial charge in [0.2, 0.25) is 6.41 Å². The lowest BCUT2D eigenvalue weighted by molar-refractivity contribution is -0.115. The van der Waals surface area contributed by atoms with Crippen LogP contribution in [0.1, 0.15) is 44.2 Å². The van der Waals surface area contributed by atoms with E-state index in [0.717, 1.165) is 11.6 Å². The Morgan fingerprint density at radius 1 is 1.14 bits per heavy atom. The fourth-order valence-corrected chi connectivity index (χ4v) is 4.46. The third-order valence-corrected chi connectivity index (χ3v) is 6.41. The first-order valence-electron chi connectivity index (χ1n) is 11.3. The Morgan fingerprint density at radius 2 is 1.86 bits per heavy atom. The fraction of sp³-hybridized carbons (Fsp3) is 0.346. The molecule has 0 aromatic heterocycles. The van der Waals surface area contributed by atoms with E-state index in [4.69, 9.17) is 4.74 Å². The lowest BCUT2D eigenvalue weighted by Crippen LogP contribution is -2.28. The minimum absolute atomic E-state index is 0.0221. The molecule has 2 aromatic carbocycles. The minimum atomic E-state index is -0.613. The Labute approximate surface area is 209 Å². The SMILES string of the molecule is C/C=C(OC)\C(NSC1CC1c1ccc(F)cc1F)=C(\Nc1ccc(C)cc1F)N(C)C=O.CC. The highest BCUT2D eigenvalue weighted by atomic mass is 32.2. The number of hydrogen-bond donors (Lipinski definition) is 2. The quantitative estimate of drug-likeness (QED) is 0.168. The molecule has 1 fully saturated rings. The number of carbonyl (C=O) groups is 1. The monoisotopic (exact) mass is 507 g/mol. The van der Waals surface area contributed by atoms with Crippen molar-refractivity contribution in [2.75, 3.05) is 19.5 Å². The number of anilines is 1. The van der Waals surface area contributed by atoms with Crippen LogP contribution in [0.4, 0.5) is 18.9 Å². The molecule has 35 heavy (non-hydrogen) atoms. The van der Waals surface area contributed by atoms with Gasteiger partial charge in [-0.1, -0.05) is 26.0 Å². The molecule has 5 nitrogen and oxygen atoms in total. The zero-order valence-corrected chi connectivity index (χ0v) is 21.6. The molecule has 0 heterocycles. The molecule has 0 aliphatic heterocycles. The van der Waals surface area contributed by atoms with E-state index in [1.54, 1.807) is 32.1 Å². The maximum atomic E-state index is 14.5. The normalized spacial score (nSPS) is 17.5. The molecule has 2 atom stereocenters. The van der Waals surface area contributed by atoms with E-state index in [2.05, 4.69) is 10.0 Å². The molecular weight excluding hydrogens is 475 g/mol. The standard InChI is InChI=1S/C24H26F3N3O2S.C2H6/c1-5-21(32-4)23(24(30(3)13-31)28-20-9-6-14(2)10-19(20)27)29-33-22-12-17(22)16-8-7-15(25)11-18(16)26;1-2/h5-11,13,17,22,28-29H,12H2,1-4H3;1-2H3/b21-5+,24-23+;. The van der Waals surface area contributed by atoms with Crippen molar-refractivity contribution < 1.29 is 22.7 Å². The Balaban J connectivity index is 0.00000210. The number of aryl methyl sites for hydroxylation is 1. The van der Waals surface area contributed by atoms with Crippen LogP contribution in [0.15, 0.2) is 59.8 Å². The minimum Gasteiger partial charge on any atom is -0.495 e. The number of rotatable bonds is 10. The number of methoxy groups -OCH3 is 1. The van der Waals surface area contributed by atoms with Gasteiger partial charge >= 0.3 is 0 Å². The summed E-state index contributed by atoms with van der Waals surface area (Å²) in [5, 5.41) is 3.00. The number of nitrogens with zero attached hydrogens (tertiary/aromatic N) is 1. The highest BCUT2D eigenvalue weighted by molar-refractivity contribution is 7.98. The summed E-state index contributed by atoms with van der Waals surface area (Å²) < 4.78 is 50.5. The predicted molar refractivity (Wildman–Crippen MR) is 136 cm³/mol. The number of ether oxygens (including phenoxy) is 1. The molecule has 0 saturated heterocycles. The molecule has 1 saturated carbocycles. The summed E-state index contributed by atoms with van der Waals surface area (Å²) in [7, 11) is 3.02. The second-order valence-corrected chi connectivity index (χ2v) is 8.72. The molecule has 1 aliphatic carbocycles. The van der Waals surface area contributed by atoms with Crippen LogP contribution in [0.25, 0.3) is 0 Å². The largest absolute Gasteiger partial charge is 0.495 e. The number of amides is 1. The highest BCUT2D eigenvalue weighted by Gasteiger charge is 2.41. The van der Waals surface area contributed by atoms with E-state index in [0.29, 0.717) is 29.9 Å². The molecule has 0 bridgehead atoms. The van der Waals surface area contributed by atoms with Gasteiger partial charge in [-0.3, -0.25) is 4.79 Å². The zero-order chi connectivity index (χ0) is 26.1. The van der Waals surface area contributed by atoms with Crippen molar-refractivity contribution >= 4 is 24.0 Å². The number of carbonyl (C=O) groups excluding carboxylic acids is 1. The van der Waals surface area contributed by atoms with Crippen molar-refractivity contribution in [1.82, 2.24) is 9.62 Å². The zero-order valence-electron chi connectivity index (χ0n) is 20.8. The smallest absolute Gasteiger partial charge is 0.215 e. The number of hydrogen-bond acceptors (Lipinski definition) is 5. The van der Waals surface area contributed by atoms with Crippen LogP contribution in [0.3, 0.4) is 0 Å². The van der Waals surface area contributed by atoms with Crippen LogP contribution >= 0.6 is 11.9 Å². The van der Waals surface area contributed by atoms with Crippen LogP contribution in [-0.2, 0) is 9.53 Å². The van der Waals surface area contributed by atoms with Gasteiger partial charge in [-0.15, -0.1) is 0 Å². The van der Waals surface area contributed by atoms with Gasteiger partial charge < -0.3 is 19.7 Å². The van der Waals surface area contributed by atoms with Crippen molar-refractivity contribution in [3.05, 3.63) is 88.3 Å². The predicted octanol–water partition coefficient (Wildman–Crippen LogP) is 6.45. The molecule has 0 spiro atoms. The van der Waals surface area contributed by atoms with Crippen LogP contribution in [0, 0.1) is 24.4 Å². The maximum absolute atomic E-state index is 14.5. The maximum Gasteiger partial charge on any atom is 0.215 e. The van der Waals surface area contributed by atoms with Gasteiger partial charge in [0.15, 0.2) is 0 Å². The van der Waals surface area contributed by atoms with Crippen molar-refractivity contribution in [2.45, 2.75) is 45.3 Å². The summed E-state index contributed by atoms with van der Waals surface area (Å²) in [5.74, 6) is -1.01. The number of benzene rings is 2. The summed E-state index contributed by atoms with van der Waals surface area (Å²) >= 11 is 1.33. The lowest BCUT2D eigenvalue weighted by atomic mass is 10.1. The van der Waals surface area contributed by atoms with E-state index >= 15 is 0 Å². The Kier molecular flexibility index (Phi) is 10.6. The van der Waals surface area contributed by atoms with Crippen molar-refractivity contribution in [2.24, 2.45) is 0 Å². The highest BCUT2D eigenvalue weighted by Crippen LogP contribution is 2.49. The number of halogens is 3. The van der Waals surface area contributed by atoms with Gasteiger partial charge in [-0.05, 0) is 67.6 Å². The third kappa shape index (κ3) is 7.21. The van der Waals surface area contributed by atoms with E-state index in [-0.39, 0.29) is 22.7 Å². The number of allylic oxidation sites excluding steroid dienone is 1. The fourth-order valence-electron chi connectivity index (χ4n) is 3.37. The lowest BCUT2D eigenvalue weighted by Gasteiger charge is -2.24. The van der Waals surface area contributed by atoms with E-state index in [9.17, 15) is 18.0 Å². The summed E-state index contributed by atoms with van der Waals surface area (Å²) in [5.41, 5.74) is 1.84. The van der Waals surface area contributed by atoms with Gasteiger partial charge in [0, 0.05) is 24.3 Å². The van der Waals surface area contributed by atoms with Crippen molar-refractivity contribution in [3.8, 4) is 0 Å². The van der Waals surface area contributed by atoms with Gasteiger partial charge in [0.25, 0.3) is 0 Å². The first-order valence-corrected chi connectivity index (χ1v) is 12.2. The van der Waals surface area contributed by atoms with Gasteiger partial charge in [0.1, 0.15) is 34.7 Å². The molecule has 9 heteroatoms. The number of nitrogens with one attached hydrogen (secondary N) is 2. The molecule has 190 valence electrons. The molecule has 1 aliphatic rings. The van der Waals surface area contributed by atoms with Crippen molar-refractivity contribution in [3.63, 3.8) is 0 Å². The molecule has 2 unspecified atom stereocenters. The van der Waals surface area contributed by atoms with Gasteiger partial charge in [0.05, 0.1) is 12.8 Å². The summed E-state index contributed by atoms with van der Waals surface area (Å²) in [6.45, 7) is 7.55. The average Bonchev–Trinajstić information content (AvgIpc) is 3.61. The Hall–Kier alpha value is -3.07. The van der Waals surface area contributed by atoms with Crippen LogP contribution in [0.5, 0.6) is 0 Å². The van der Waals surface area contributed by atoms with Gasteiger partial charge in [-0.25, -0.2) is 13.2 Å². The summed E-state index contributed by atoms with van der Waals surface area (Å²) in [4.78, 5) is 12.9. The molecule has 1 amide bonds. The van der Waals surface area contributed by atoms with Crippen molar-refractivity contribution in [1.29, 1.82) is 0 Å². The van der Waals surface area contributed by atoms with Crippen LogP contribution in [0.2, 0.25) is 0 Å². The molecular formula is C26H32F3N3O2S. The van der Waals surface area contributed by atoms with Crippen LogP contribution in [-0.4, -0.2) is 30.7 Å². The van der Waals surface area contributed by atoms with E-state index < -0.39 is 17.5 Å². The first kappa shape index (κ1) is 28.2. The summed E-state index contributed by atoms with van der Waals surface area (Å²) in [6, 6.07) is 8.33. The summed E-state index contributed by atoms with van der Waals surface area (Å²) in [6.07, 6.45) is 3.00. The van der Waals surface area contributed by atoms with Gasteiger partial charge in [-0.2, -0.15) is 0 Å². The Morgan fingerprint density at radius 3 is 2.43 bits per heavy atom. The van der Waals surface area contributed by atoms with E-state index in [1.807, 2.05) is 13.8 Å².